The van der Waals surface area contributed by atoms with Crippen molar-refractivity contribution in [1.82, 2.24) is 9.97 Å². The number of aryl methyl sites for hydroxylation is 1. The number of hydrogen-bond donors (Lipinski definition) is 1. The van der Waals surface area contributed by atoms with Crippen molar-refractivity contribution in [3.63, 3.8) is 0 Å². The average Bonchev–Trinajstić information content (AvgIpc) is 2.40. The molecule has 1 aliphatic heterocycles. The first-order valence-electron chi connectivity index (χ1n) is 6.07. The van der Waals surface area contributed by atoms with E-state index in [0.29, 0.717) is 4.64 Å². The van der Waals surface area contributed by atoms with Crippen LogP contribution in [0.1, 0.15) is 5.56 Å². The second kappa shape index (κ2) is 4.66. The highest BCUT2D eigenvalue weighted by atomic mass is 32.1. The Labute approximate surface area is 111 Å². The van der Waals surface area contributed by atoms with E-state index in [1.165, 1.54) is 5.56 Å². The third kappa shape index (κ3) is 2.11. The molecule has 5 heteroatoms. The van der Waals surface area contributed by atoms with Crippen LogP contribution in [-0.4, -0.2) is 36.3 Å². The summed E-state index contributed by atoms with van der Waals surface area (Å²) in [7, 11) is 0. The van der Waals surface area contributed by atoms with Crippen molar-refractivity contribution in [2.24, 2.45) is 0 Å². The van der Waals surface area contributed by atoms with Gasteiger partial charge in [-0.25, -0.2) is 4.98 Å². The molecule has 1 fully saturated rings. The summed E-state index contributed by atoms with van der Waals surface area (Å²) in [5.41, 5.74) is 2.24. The summed E-state index contributed by atoms with van der Waals surface area (Å²) in [6, 6.07) is 6.22. The van der Waals surface area contributed by atoms with E-state index in [-0.39, 0.29) is 0 Å². The number of hydrogen-bond acceptors (Lipinski definition) is 4. The van der Waals surface area contributed by atoms with Crippen molar-refractivity contribution in [3.8, 4) is 0 Å². The Morgan fingerprint density at radius 3 is 2.89 bits per heavy atom. The molecule has 0 saturated carbocycles. The van der Waals surface area contributed by atoms with Gasteiger partial charge in [-0.1, -0.05) is 23.8 Å². The van der Waals surface area contributed by atoms with Crippen molar-refractivity contribution in [1.29, 1.82) is 0 Å². The van der Waals surface area contributed by atoms with E-state index in [2.05, 4.69) is 40.0 Å². The first-order chi connectivity index (χ1) is 8.74. The van der Waals surface area contributed by atoms with Gasteiger partial charge in [0.2, 0.25) is 5.95 Å². The van der Waals surface area contributed by atoms with Gasteiger partial charge in [-0.05, 0) is 19.1 Å². The first-order valence-corrected chi connectivity index (χ1v) is 6.48. The van der Waals surface area contributed by atoms with Crippen LogP contribution in [0.2, 0.25) is 0 Å². The van der Waals surface area contributed by atoms with E-state index >= 15 is 0 Å². The molecule has 1 saturated heterocycles. The molecule has 0 aliphatic carbocycles. The van der Waals surface area contributed by atoms with Gasteiger partial charge >= 0.3 is 0 Å². The zero-order valence-corrected chi connectivity index (χ0v) is 11.1. The lowest BCUT2D eigenvalue weighted by molar-refractivity contribution is 0.122. The minimum atomic E-state index is 0.661. The van der Waals surface area contributed by atoms with Crippen LogP contribution in [0, 0.1) is 11.6 Å². The Bertz CT molecular complexity index is 632. The fourth-order valence-electron chi connectivity index (χ4n) is 2.17. The molecule has 0 atom stereocenters. The van der Waals surface area contributed by atoms with E-state index in [4.69, 9.17) is 17.0 Å². The van der Waals surface area contributed by atoms with Crippen molar-refractivity contribution >= 4 is 29.1 Å². The molecule has 4 nitrogen and oxygen atoms in total. The molecule has 1 aliphatic rings. The van der Waals surface area contributed by atoms with Gasteiger partial charge in [0.05, 0.1) is 18.7 Å². The van der Waals surface area contributed by atoms with E-state index in [9.17, 15) is 0 Å². The van der Waals surface area contributed by atoms with Crippen LogP contribution in [0.15, 0.2) is 18.2 Å². The Kier molecular flexibility index (Phi) is 3.01. The van der Waals surface area contributed by atoms with Crippen LogP contribution in [0.5, 0.6) is 0 Å². The predicted molar refractivity (Wildman–Crippen MR) is 74.7 cm³/mol. The van der Waals surface area contributed by atoms with Crippen molar-refractivity contribution < 1.29 is 4.74 Å². The Hall–Kier alpha value is -1.46. The monoisotopic (exact) mass is 261 g/mol. The minimum Gasteiger partial charge on any atom is -0.378 e. The summed E-state index contributed by atoms with van der Waals surface area (Å²) in [5.74, 6) is 0.847. The van der Waals surface area contributed by atoms with Gasteiger partial charge in [0.25, 0.3) is 0 Å². The molecule has 0 bridgehead atoms. The molecule has 0 amide bonds. The number of benzene rings is 1. The van der Waals surface area contributed by atoms with E-state index in [0.717, 1.165) is 43.2 Å². The molecule has 2 heterocycles. The van der Waals surface area contributed by atoms with Gasteiger partial charge in [0.1, 0.15) is 4.64 Å². The topological polar surface area (TPSA) is 41.2 Å². The van der Waals surface area contributed by atoms with Gasteiger partial charge in [-0.15, -0.1) is 0 Å². The maximum absolute atomic E-state index is 5.38. The van der Waals surface area contributed by atoms with Crippen LogP contribution in [0.4, 0.5) is 5.95 Å². The van der Waals surface area contributed by atoms with Crippen LogP contribution in [0.3, 0.4) is 0 Å². The maximum Gasteiger partial charge on any atom is 0.204 e. The molecule has 0 radical (unpaired) electrons. The largest absolute Gasteiger partial charge is 0.378 e. The van der Waals surface area contributed by atoms with Gasteiger partial charge in [0.15, 0.2) is 0 Å². The lowest BCUT2D eigenvalue weighted by Crippen LogP contribution is -2.37. The smallest absolute Gasteiger partial charge is 0.204 e. The summed E-state index contributed by atoms with van der Waals surface area (Å²) in [4.78, 5) is 10.0. The van der Waals surface area contributed by atoms with E-state index < -0.39 is 0 Å². The number of morpholine rings is 1. The van der Waals surface area contributed by atoms with E-state index in [1.807, 2.05) is 0 Å². The number of H-pyrrole nitrogens is 1. The number of nitrogens with zero attached hydrogens (tertiary/aromatic N) is 2. The summed E-state index contributed by atoms with van der Waals surface area (Å²) >= 11 is 5.38. The Balaban J connectivity index is 2.09. The molecular formula is C13H15N3OS. The standard InChI is InChI=1S/C13H15N3OS/c1-9-2-3-11-10(8-9)12(18)15-13(14-11)16-4-6-17-7-5-16/h2-3,8H,4-7H2,1H3,(H,14,15,18). The highest BCUT2D eigenvalue weighted by Gasteiger charge is 2.13. The van der Waals surface area contributed by atoms with Gasteiger partial charge in [0, 0.05) is 18.5 Å². The van der Waals surface area contributed by atoms with Crippen molar-refractivity contribution in [3.05, 3.63) is 28.4 Å². The quantitative estimate of drug-likeness (QED) is 0.801. The molecular weight excluding hydrogens is 246 g/mol. The molecule has 94 valence electrons. The molecule has 18 heavy (non-hydrogen) atoms. The number of fused-ring (bicyclic) bond motifs is 1. The fraction of sp³-hybridized carbons (Fsp3) is 0.385. The highest BCUT2D eigenvalue weighted by molar-refractivity contribution is 7.71. The number of ether oxygens (including phenoxy) is 1. The SMILES string of the molecule is Cc1ccc2[nH]c(N3CCOCC3)nc(=S)c2c1. The Morgan fingerprint density at radius 1 is 1.33 bits per heavy atom. The summed E-state index contributed by atoms with van der Waals surface area (Å²) in [6.45, 7) is 5.26. The number of nitrogens with one attached hydrogen (secondary N) is 1. The van der Waals surface area contributed by atoms with Crippen LogP contribution >= 0.6 is 12.2 Å². The number of aromatic nitrogens is 2. The Morgan fingerprint density at radius 2 is 2.11 bits per heavy atom. The lowest BCUT2D eigenvalue weighted by Gasteiger charge is -2.27. The molecule has 1 N–H and O–H groups in total. The van der Waals surface area contributed by atoms with Gasteiger partial charge in [-0.2, -0.15) is 0 Å². The third-order valence-corrected chi connectivity index (χ3v) is 3.48. The summed E-state index contributed by atoms with van der Waals surface area (Å²) in [6.07, 6.45) is 0. The fourth-order valence-corrected chi connectivity index (χ4v) is 2.43. The van der Waals surface area contributed by atoms with Crippen LogP contribution in [-0.2, 0) is 4.74 Å². The number of aromatic amines is 1. The van der Waals surface area contributed by atoms with Crippen molar-refractivity contribution in [2.75, 3.05) is 31.2 Å². The molecule has 1 aromatic carbocycles. The third-order valence-electron chi connectivity index (χ3n) is 3.17. The zero-order valence-electron chi connectivity index (χ0n) is 10.3. The highest BCUT2D eigenvalue weighted by Crippen LogP contribution is 2.18. The van der Waals surface area contributed by atoms with Crippen LogP contribution in [0.25, 0.3) is 10.9 Å². The molecule has 2 aromatic rings. The second-order valence-electron chi connectivity index (χ2n) is 4.51. The normalized spacial score (nSPS) is 16.2. The van der Waals surface area contributed by atoms with Gasteiger partial charge in [-0.3, -0.25) is 0 Å². The van der Waals surface area contributed by atoms with Gasteiger partial charge < -0.3 is 14.6 Å². The summed E-state index contributed by atoms with van der Waals surface area (Å²) < 4.78 is 6.01. The molecule has 3 rings (SSSR count). The zero-order chi connectivity index (χ0) is 12.5. The average molecular weight is 261 g/mol. The lowest BCUT2D eigenvalue weighted by atomic mass is 10.2. The van der Waals surface area contributed by atoms with Crippen molar-refractivity contribution in [2.45, 2.75) is 6.92 Å². The maximum atomic E-state index is 5.38. The number of rotatable bonds is 1. The van der Waals surface area contributed by atoms with E-state index in [1.54, 1.807) is 0 Å². The molecule has 0 spiro atoms. The predicted octanol–water partition coefficient (Wildman–Crippen LogP) is 2.44. The summed E-state index contributed by atoms with van der Waals surface area (Å²) in [5, 5.41) is 1.02. The first kappa shape index (κ1) is 11.6. The number of anilines is 1. The molecule has 0 unspecified atom stereocenters. The second-order valence-corrected chi connectivity index (χ2v) is 4.90. The molecule has 1 aromatic heterocycles. The minimum absolute atomic E-state index is 0.661. The van der Waals surface area contributed by atoms with Crippen LogP contribution < -0.4 is 4.90 Å².